The standard InChI is InChI=1S/C11H14FN3/c1-11(2,12)6-13-8-4-3-5-9-10(8)15-7-14-9/h3-5,7,13H,6H2,1-2H3,(H,14,15). The molecule has 0 unspecified atom stereocenters. The molecule has 0 aliphatic carbocycles. The molecule has 4 heteroatoms. The summed E-state index contributed by atoms with van der Waals surface area (Å²) in [5.41, 5.74) is 1.44. The van der Waals surface area contributed by atoms with Crippen molar-refractivity contribution in [1.82, 2.24) is 9.97 Å². The van der Waals surface area contributed by atoms with Crippen LogP contribution in [0, 0.1) is 0 Å². The van der Waals surface area contributed by atoms with E-state index in [1.807, 2.05) is 18.2 Å². The van der Waals surface area contributed by atoms with Crippen LogP contribution in [0.5, 0.6) is 0 Å². The van der Waals surface area contributed by atoms with E-state index in [2.05, 4.69) is 15.3 Å². The highest BCUT2D eigenvalue weighted by atomic mass is 19.1. The highest BCUT2D eigenvalue weighted by molar-refractivity contribution is 5.87. The normalized spacial score (nSPS) is 11.9. The molecule has 0 aliphatic rings. The summed E-state index contributed by atoms with van der Waals surface area (Å²) in [6.07, 6.45) is 1.64. The van der Waals surface area contributed by atoms with E-state index in [4.69, 9.17) is 0 Å². The highest BCUT2D eigenvalue weighted by Gasteiger charge is 2.15. The van der Waals surface area contributed by atoms with Crippen LogP contribution in [0.15, 0.2) is 24.5 Å². The third-order valence-electron chi connectivity index (χ3n) is 2.15. The number of hydrogen-bond acceptors (Lipinski definition) is 2. The summed E-state index contributed by atoms with van der Waals surface area (Å²) >= 11 is 0. The fraction of sp³-hybridized carbons (Fsp3) is 0.364. The molecular formula is C11H14FN3. The number of hydrogen-bond donors (Lipinski definition) is 2. The van der Waals surface area contributed by atoms with Gasteiger partial charge in [0.15, 0.2) is 0 Å². The van der Waals surface area contributed by atoms with Gasteiger partial charge in [-0.05, 0) is 26.0 Å². The van der Waals surface area contributed by atoms with Crippen molar-refractivity contribution in [1.29, 1.82) is 0 Å². The van der Waals surface area contributed by atoms with Gasteiger partial charge in [0.1, 0.15) is 11.2 Å². The fourth-order valence-corrected chi connectivity index (χ4v) is 1.41. The molecule has 3 nitrogen and oxygen atoms in total. The summed E-state index contributed by atoms with van der Waals surface area (Å²) in [4.78, 5) is 7.19. The molecule has 2 rings (SSSR count). The lowest BCUT2D eigenvalue weighted by Crippen LogP contribution is -2.24. The van der Waals surface area contributed by atoms with E-state index in [1.165, 1.54) is 0 Å². The zero-order chi connectivity index (χ0) is 10.9. The molecule has 0 atom stereocenters. The molecule has 0 saturated heterocycles. The summed E-state index contributed by atoms with van der Waals surface area (Å²) in [7, 11) is 0. The van der Waals surface area contributed by atoms with Gasteiger partial charge in [0.2, 0.25) is 0 Å². The van der Waals surface area contributed by atoms with Gasteiger partial charge in [-0.25, -0.2) is 9.37 Å². The van der Waals surface area contributed by atoms with Crippen LogP contribution in [0.25, 0.3) is 11.0 Å². The molecule has 0 amide bonds. The molecule has 0 saturated carbocycles. The molecule has 2 aromatic rings. The number of imidazole rings is 1. The van der Waals surface area contributed by atoms with Gasteiger partial charge in [0.25, 0.3) is 0 Å². The molecule has 15 heavy (non-hydrogen) atoms. The van der Waals surface area contributed by atoms with Crippen molar-refractivity contribution in [2.45, 2.75) is 19.5 Å². The topological polar surface area (TPSA) is 40.7 Å². The van der Waals surface area contributed by atoms with Crippen LogP contribution in [0.4, 0.5) is 10.1 Å². The zero-order valence-electron chi connectivity index (χ0n) is 8.84. The third kappa shape index (κ3) is 2.26. The minimum Gasteiger partial charge on any atom is -0.380 e. The SMILES string of the molecule is CC(C)(F)CNc1cccc2[nH]cnc12. The summed E-state index contributed by atoms with van der Waals surface area (Å²) in [6, 6.07) is 5.75. The lowest BCUT2D eigenvalue weighted by Gasteiger charge is -2.15. The summed E-state index contributed by atoms with van der Waals surface area (Å²) in [6.45, 7) is 3.37. The number of nitrogens with zero attached hydrogens (tertiary/aromatic N) is 1. The van der Waals surface area contributed by atoms with E-state index >= 15 is 0 Å². The number of anilines is 1. The van der Waals surface area contributed by atoms with Gasteiger partial charge in [-0.3, -0.25) is 0 Å². The minimum absolute atomic E-state index is 0.277. The summed E-state index contributed by atoms with van der Waals surface area (Å²) in [5, 5.41) is 3.06. The maximum Gasteiger partial charge on any atom is 0.122 e. The third-order valence-corrected chi connectivity index (χ3v) is 2.15. The predicted octanol–water partition coefficient (Wildman–Crippen LogP) is 2.72. The van der Waals surface area contributed by atoms with Crippen LogP contribution in [0.3, 0.4) is 0 Å². The number of benzene rings is 1. The van der Waals surface area contributed by atoms with Crippen LogP contribution in [-0.2, 0) is 0 Å². The van der Waals surface area contributed by atoms with Crippen molar-refractivity contribution < 1.29 is 4.39 Å². The number of alkyl halides is 1. The quantitative estimate of drug-likeness (QED) is 0.812. The Balaban J connectivity index is 2.24. The number of aromatic amines is 1. The van der Waals surface area contributed by atoms with Crippen LogP contribution >= 0.6 is 0 Å². The van der Waals surface area contributed by atoms with Crippen LogP contribution in [0.1, 0.15) is 13.8 Å². The van der Waals surface area contributed by atoms with Gasteiger partial charge in [0.05, 0.1) is 17.5 Å². The van der Waals surface area contributed by atoms with E-state index in [1.54, 1.807) is 20.2 Å². The Kier molecular flexibility index (Phi) is 2.34. The first-order chi connectivity index (χ1) is 7.06. The van der Waals surface area contributed by atoms with Gasteiger partial charge in [-0.2, -0.15) is 0 Å². The molecule has 1 aromatic carbocycles. The maximum absolute atomic E-state index is 13.3. The zero-order valence-corrected chi connectivity index (χ0v) is 8.84. The average Bonchev–Trinajstić information content (AvgIpc) is 2.61. The average molecular weight is 207 g/mol. The molecule has 1 heterocycles. The van der Waals surface area contributed by atoms with Crippen molar-refractivity contribution in [3.05, 3.63) is 24.5 Å². The second kappa shape index (κ2) is 3.53. The molecule has 1 aromatic heterocycles. The van der Waals surface area contributed by atoms with Crippen molar-refractivity contribution in [3.8, 4) is 0 Å². The van der Waals surface area contributed by atoms with Crippen molar-refractivity contribution in [2.75, 3.05) is 11.9 Å². The van der Waals surface area contributed by atoms with Crippen molar-refractivity contribution >= 4 is 16.7 Å². The van der Waals surface area contributed by atoms with Crippen molar-refractivity contribution in [3.63, 3.8) is 0 Å². The lowest BCUT2D eigenvalue weighted by molar-refractivity contribution is 0.235. The van der Waals surface area contributed by atoms with E-state index < -0.39 is 5.67 Å². The molecule has 0 spiro atoms. The Bertz CT molecular complexity index is 456. The largest absolute Gasteiger partial charge is 0.380 e. The van der Waals surface area contributed by atoms with Crippen molar-refractivity contribution in [2.24, 2.45) is 0 Å². The predicted molar refractivity (Wildman–Crippen MR) is 59.8 cm³/mol. The number of nitrogens with one attached hydrogen (secondary N) is 2. The van der Waals surface area contributed by atoms with Crippen LogP contribution < -0.4 is 5.32 Å². The molecule has 0 aliphatic heterocycles. The van der Waals surface area contributed by atoms with Gasteiger partial charge < -0.3 is 10.3 Å². The second-order valence-corrected chi connectivity index (χ2v) is 4.18. The highest BCUT2D eigenvalue weighted by Crippen LogP contribution is 2.20. The first kappa shape index (κ1) is 9.96. The van der Waals surface area contributed by atoms with Gasteiger partial charge in [-0.1, -0.05) is 6.07 Å². The Morgan fingerprint density at radius 3 is 3.00 bits per heavy atom. The van der Waals surface area contributed by atoms with Gasteiger partial charge >= 0.3 is 0 Å². The molecule has 0 fully saturated rings. The maximum atomic E-state index is 13.3. The first-order valence-corrected chi connectivity index (χ1v) is 4.91. The monoisotopic (exact) mass is 207 g/mol. The Morgan fingerprint density at radius 1 is 1.47 bits per heavy atom. The Hall–Kier alpha value is -1.58. The molecule has 0 bridgehead atoms. The lowest BCUT2D eigenvalue weighted by atomic mass is 10.1. The van der Waals surface area contributed by atoms with E-state index in [-0.39, 0.29) is 6.54 Å². The van der Waals surface area contributed by atoms with E-state index in [0.717, 1.165) is 16.7 Å². The summed E-state index contributed by atoms with van der Waals surface area (Å²) < 4.78 is 13.3. The number of aromatic nitrogens is 2. The van der Waals surface area contributed by atoms with E-state index in [9.17, 15) is 4.39 Å². The summed E-state index contributed by atoms with van der Waals surface area (Å²) in [5.74, 6) is 0. The molecule has 2 N–H and O–H groups in total. The number of H-pyrrole nitrogens is 1. The number of fused-ring (bicyclic) bond motifs is 1. The van der Waals surface area contributed by atoms with Gasteiger partial charge in [-0.15, -0.1) is 0 Å². The second-order valence-electron chi connectivity index (χ2n) is 4.18. The smallest absolute Gasteiger partial charge is 0.122 e. The van der Waals surface area contributed by atoms with Crippen LogP contribution in [-0.4, -0.2) is 22.2 Å². The Labute approximate surface area is 87.7 Å². The molecule has 80 valence electrons. The number of rotatable bonds is 3. The number of halogens is 1. The van der Waals surface area contributed by atoms with E-state index in [0.29, 0.717) is 0 Å². The fourth-order valence-electron chi connectivity index (χ4n) is 1.41. The molecule has 0 radical (unpaired) electrons. The minimum atomic E-state index is -1.22. The van der Waals surface area contributed by atoms with Crippen LogP contribution in [0.2, 0.25) is 0 Å². The van der Waals surface area contributed by atoms with Gasteiger partial charge in [0, 0.05) is 6.54 Å². The first-order valence-electron chi connectivity index (χ1n) is 4.91. The Morgan fingerprint density at radius 2 is 2.27 bits per heavy atom. The molecular weight excluding hydrogens is 193 g/mol. The number of para-hydroxylation sites is 1.